The van der Waals surface area contributed by atoms with Gasteiger partial charge in [-0.05, 0) is 32.8 Å². The SMILES string of the molecule is Cc1c(C)n2c3c(=O)n(CCCO)c(=O)n(C)c3nc2n1[C@@H](C)c1ccccc1. The van der Waals surface area contributed by atoms with Gasteiger partial charge in [-0.25, -0.2) is 4.79 Å². The van der Waals surface area contributed by atoms with Gasteiger partial charge in [0.1, 0.15) is 0 Å². The Balaban J connectivity index is 2.07. The molecule has 1 N–H and O–H groups in total. The molecule has 1 aromatic carbocycles. The molecule has 1 atom stereocenters. The molecule has 0 unspecified atom stereocenters. The lowest BCUT2D eigenvalue weighted by Gasteiger charge is -2.16. The van der Waals surface area contributed by atoms with Gasteiger partial charge in [0.25, 0.3) is 5.56 Å². The number of aliphatic hydroxyl groups is 1. The lowest BCUT2D eigenvalue weighted by Crippen LogP contribution is -2.39. The molecule has 0 saturated heterocycles. The monoisotopic (exact) mass is 395 g/mol. The van der Waals surface area contributed by atoms with E-state index in [1.807, 2.05) is 36.4 Å². The first-order valence-electron chi connectivity index (χ1n) is 9.73. The molecule has 8 heteroatoms. The second-order valence-corrected chi connectivity index (χ2v) is 7.42. The fourth-order valence-corrected chi connectivity index (χ4v) is 4.04. The van der Waals surface area contributed by atoms with Crippen LogP contribution >= 0.6 is 0 Å². The summed E-state index contributed by atoms with van der Waals surface area (Å²) in [6.45, 7) is 6.16. The van der Waals surface area contributed by atoms with E-state index in [1.54, 1.807) is 7.05 Å². The van der Waals surface area contributed by atoms with Crippen LogP contribution in [0.2, 0.25) is 0 Å². The molecule has 0 fully saturated rings. The predicted octanol–water partition coefficient (Wildman–Crippen LogP) is 1.76. The van der Waals surface area contributed by atoms with Gasteiger partial charge < -0.3 is 9.67 Å². The van der Waals surface area contributed by atoms with Crippen LogP contribution in [0.1, 0.15) is 36.3 Å². The number of aliphatic hydroxyl groups excluding tert-OH is 1. The Morgan fingerprint density at radius 3 is 2.45 bits per heavy atom. The van der Waals surface area contributed by atoms with Crippen molar-refractivity contribution < 1.29 is 5.11 Å². The van der Waals surface area contributed by atoms with Crippen LogP contribution < -0.4 is 11.2 Å². The van der Waals surface area contributed by atoms with Crippen LogP contribution in [0.3, 0.4) is 0 Å². The largest absolute Gasteiger partial charge is 0.396 e. The smallest absolute Gasteiger partial charge is 0.332 e. The summed E-state index contributed by atoms with van der Waals surface area (Å²) in [6.07, 6.45) is 0.340. The molecule has 0 aliphatic rings. The average molecular weight is 395 g/mol. The zero-order chi connectivity index (χ0) is 20.9. The summed E-state index contributed by atoms with van der Waals surface area (Å²) in [5.41, 5.74) is 3.02. The molecular formula is C21H25N5O3. The van der Waals surface area contributed by atoms with Crippen LogP contribution in [0.4, 0.5) is 0 Å². The van der Waals surface area contributed by atoms with E-state index >= 15 is 0 Å². The van der Waals surface area contributed by atoms with E-state index < -0.39 is 5.69 Å². The van der Waals surface area contributed by atoms with Crippen LogP contribution in [-0.4, -0.2) is 34.8 Å². The number of imidazole rings is 2. The summed E-state index contributed by atoms with van der Waals surface area (Å²) in [5, 5.41) is 9.13. The van der Waals surface area contributed by atoms with Gasteiger partial charge in [-0.15, -0.1) is 0 Å². The average Bonchev–Trinajstić information content (AvgIpc) is 3.22. The van der Waals surface area contributed by atoms with Crippen molar-refractivity contribution in [2.24, 2.45) is 7.05 Å². The summed E-state index contributed by atoms with van der Waals surface area (Å²) in [5.74, 6) is 0.637. The molecule has 4 aromatic rings. The summed E-state index contributed by atoms with van der Waals surface area (Å²) in [6, 6.07) is 10.1. The summed E-state index contributed by atoms with van der Waals surface area (Å²) < 4.78 is 6.54. The van der Waals surface area contributed by atoms with Crippen LogP contribution in [0.15, 0.2) is 39.9 Å². The Hall–Kier alpha value is -3.13. The minimum absolute atomic E-state index is 0.0119. The zero-order valence-corrected chi connectivity index (χ0v) is 17.1. The Morgan fingerprint density at radius 1 is 1.10 bits per heavy atom. The second-order valence-electron chi connectivity index (χ2n) is 7.42. The molecule has 152 valence electrons. The van der Waals surface area contributed by atoms with Crippen molar-refractivity contribution in [1.82, 2.24) is 23.1 Å². The van der Waals surface area contributed by atoms with Gasteiger partial charge in [0.05, 0.1) is 6.04 Å². The first-order valence-corrected chi connectivity index (χ1v) is 9.73. The van der Waals surface area contributed by atoms with Crippen LogP contribution in [0.5, 0.6) is 0 Å². The molecule has 29 heavy (non-hydrogen) atoms. The third-order valence-electron chi connectivity index (χ3n) is 5.77. The van der Waals surface area contributed by atoms with Crippen molar-refractivity contribution in [2.45, 2.75) is 39.8 Å². The van der Waals surface area contributed by atoms with Gasteiger partial charge in [0, 0.05) is 31.6 Å². The zero-order valence-electron chi connectivity index (χ0n) is 17.1. The highest BCUT2D eigenvalue weighted by Gasteiger charge is 2.24. The van der Waals surface area contributed by atoms with Crippen molar-refractivity contribution in [3.63, 3.8) is 0 Å². The van der Waals surface area contributed by atoms with E-state index in [0.717, 1.165) is 17.0 Å². The molecule has 4 rings (SSSR count). The third kappa shape index (κ3) is 2.74. The molecule has 3 heterocycles. The number of fused-ring (bicyclic) bond motifs is 3. The maximum absolute atomic E-state index is 13.2. The van der Waals surface area contributed by atoms with Crippen molar-refractivity contribution in [3.05, 3.63) is 68.1 Å². The normalized spacial score (nSPS) is 12.9. The van der Waals surface area contributed by atoms with Gasteiger partial charge in [0.2, 0.25) is 5.78 Å². The van der Waals surface area contributed by atoms with Crippen molar-refractivity contribution in [2.75, 3.05) is 6.61 Å². The standard InChI is InChI=1S/C21H25N5O3/c1-13-14(2)26-17-18(23(4)21(29)24(19(17)28)11-8-12-27)22-20(26)25(13)15(3)16-9-6-5-7-10-16/h5-7,9-10,15,27H,8,11-12H2,1-4H3/t15-/m0/s1. The highest BCUT2D eigenvalue weighted by Crippen LogP contribution is 2.27. The lowest BCUT2D eigenvalue weighted by atomic mass is 10.1. The van der Waals surface area contributed by atoms with Crippen LogP contribution in [0.25, 0.3) is 16.9 Å². The molecule has 0 spiro atoms. The maximum atomic E-state index is 13.2. The summed E-state index contributed by atoms with van der Waals surface area (Å²) >= 11 is 0. The van der Waals surface area contributed by atoms with Gasteiger partial charge in [0.15, 0.2) is 11.2 Å². The van der Waals surface area contributed by atoms with Gasteiger partial charge >= 0.3 is 5.69 Å². The molecule has 3 aromatic heterocycles. The van der Waals surface area contributed by atoms with Crippen molar-refractivity contribution >= 4 is 16.9 Å². The molecule has 0 amide bonds. The second kappa shape index (κ2) is 7.04. The number of nitrogens with zero attached hydrogens (tertiary/aromatic N) is 5. The summed E-state index contributed by atoms with van der Waals surface area (Å²) in [4.78, 5) is 30.6. The number of hydrogen-bond donors (Lipinski definition) is 1. The Labute approximate surface area is 167 Å². The van der Waals surface area contributed by atoms with Crippen molar-refractivity contribution in [3.8, 4) is 0 Å². The van der Waals surface area contributed by atoms with E-state index in [9.17, 15) is 9.59 Å². The van der Waals surface area contributed by atoms with E-state index in [2.05, 4.69) is 23.6 Å². The minimum atomic E-state index is -0.422. The Kier molecular flexibility index (Phi) is 4.66. The fraction of sp³-hybridized carbons (Fsp3) is 0.381. The predicted molar refractivity (Wildman–Crippen MR) is 112 cm³/mol. The van der Waals surface area contributed by atoms with E-state index in [1.165, 1.54) is 9.13 Å². The van der Waals surface area contributed by atoms with E-state index in [-0.39, 0.29) is 24.8 Å². The molecule has 8 nitrogen and oxygen atoms in total. The first-order chi connectivity index (χ1) is 13.9. The topological polar surface area (TPSA) is 86.5 Å². The molecule has 0 saturated carbocycles. The van der Waals surface area contributed by atoms with Gasteiger partial charge in [-0.2, -0.15) is 4.98 Å². The fourth-order valence-electron chi connectivity index (χ4n) is 4.04. The molecule has 0 aliphatic heterocycles. The summed E-state index contributed by atoms with van der Waals surface area (Å²) in [7, 11) is 1.62. The van der Waals surface area contributed by atoms with Crippen LogP contribution in [-0.2, 0) is 13.6 Å². The Bertz CT molecular complexity index is 1320. The van der Waals surface area contributed by atoms with Crippen molar-refractivity contribution in [1.29, 1.82) is 0 Å². The minimum Gasteiger partial charge on any atom is -0.396 e. The molecule has 0 radical (unpaired) electrons. The van der Waals surface area contributed by atoms with E-state index in [0.29, 0.717) is 23.4 Å². The molecule has 0 aliphatic carbocycles. The quantitative estimate of drug-likeness (QED) is 0.558. The van der Waals surface area contributed by atoms with Gasteiger partial charge in [-0.3, -0.25) is 18.3 Å². The number of rotatable bonds is 5. The first kappa shape index (κ1) is 19.2. The number of aromatic nitrogens is 5. The third-order valence-corrected chi connectivity index (χ3v) is 5.77. The van der Waals surface area contributed by atoms with E-state index in [4.69, 9.17) is 10.1 Å². The number of aryl methyl sites for hydroxylation is 2. The van der Waals surface area contributed by atoms with Gasteiger partial charge in [-0.1, -0.05) is 30.3 Å². The number of hydrogen-bond acceptors (Lipinski definition) is 4. The number of benzene rings is 1. The highest BCUT2D eigenvalue weighted by molar-refractivity contribution is 5.76. The molecule has 0 bridgehead atoms. The maximum Gasteiger partial charge on any atom is 0.332 e. The Morgan fingerprint density at radius 2 is 1.79 bits per heavy atom. The highest BCUT2D eigenvalue weighted by atomic mass is 16.3. The lowest BCUT2D eigenvalue weighted by molar-refractivity contribution is 0.277. The molecular weight excluding hydrogens is 370 g/mol. The van der Waals surface area contributed by atoms with Crippen LogP contribution in [0, 0.1) is 13.8 Å².